The molecule has 6 rings (SSSR count). The lowest BCUT2D eigenvalue weighted by Gasteiger charge is -2.60. The number of carbonyl (C=O) groups is 2. The van der Waals surface area contributed by atoms with Gasteiger partial charge in [0.1, 0.15) is 5.82 Å². The van der Waals surface area contributed by atoms with Crippen LogP contribution in [-0.2, 0) is 16.0 Å². The van der Waals surface area contributed by atoms with E-state index in [0.29, 0.717) is 29.7 Å². The highest BCUT2D eigenvalue weighted by molar-refractivity contribution is 5.89. The fourth-order valence-corrected chi connectivity index (χ4v) is 8.97. The zero-order chi connectivity index (χ0) is 24.4. The van der Waals surface area contributed by atoms with Crippen LogP contribution >= 0.6 is 0 Å². The van der Waals surface area contributed by atoms with E-state index < -0.39 is 0 Å². The minimum absolute atomic E-state index is 0.109. The normalized spacial score (nSPS) is 38.2. The van der Waals surface area contributed by atoms with Crippen molar-refractivity contribution >= 4 is 29.0 Å². The topological polar surface area (TPSA) is 78.1 Å². The molecular weight excluding hydrogens is 436 g/mol. The summed E-state index contributed by atoms with van der Waals surface area (Å²) in [5.41, 5.74) is 3.20. The van der Waals surface area contributed by atoms with E-state index in [0.717, 1.165) is 53.8 Å². The quantitative estimate of drug-likeness (QED) is 0.576. The fourth-order valence-electron chi connectivity index (χ4n) is 8.97. The molecule has 186 valence electrons. The number of hydrogen-bond donors (Lipinski definition) is 2. The van der Waals surface area contributed by atoms with Gasteiger partial charge in [0.25, 0.3) is 0 Å². The zero-order valence-corrected chi connectivity index (χ0v) is 21.2. The Bertz CT molecular complexity index is 1190. The molecule has 0 bridgehead atoms. The summed E-state index contributed by atoms with van der Waals surface area (Å²) in [5, 5.41) is 2.73. The second-order valence-electron chi connectivity index (χ2n) is 12.0. The van der Waals surface area contributed by atoms with Crippen molar-refractivity contribution in [3.05, 3.63) is 36.2 Å². The van der Waals surface area contributed by atoms with Crippen LogP contribution < -0.4 is 5.32 Å². The summed E-state index contributed by atoms with van der Waals surface area (Å²) in [7, 11) is 0. The van der Waals surface area contributed by atoms with Gasteiger partial charge in [-0.2, -0.15) is 0 Å². The van der Waals surface area contributed by atoms with Crippen molar-refractivity contribution in [1.29, 1.82) is 0 Å². The number of anilines is 1. The SMILES string of the molecule is CCN1C(=O)C=C[C@@]2(C)C1CC[C@@H]1[C@H]2CC[C@]2(C)C(Cc3nc4ccc(NC=O)cc4[nH]3)CC[C@@H]12. The number of rotatable bonds is 5. The Morgan fingerprint density at radius 2 is 2.03 bits per heavy atom. The van der Waals surface area contributed by atoms with E-state index in [2.05, 4.69) is 42.0 Å². The van der Waals surface area contributed by atoms with Crippen LogP contribution in [-0.4, -0.2) is 39.8 Å². The van der Waals surface area contributed by atoms with E-state index in [9.17, 15) is 9.59 Å². The van der Waals surface area contributed by atoms with Gasteiger partial charge in [-0.3, -0.25) is 9.59 Å². The van der Waals surface area contributed by atoms with Crippen LogP contribution in [0.3, 0.4) is 0 Å². The van der Waals surface area contributed by atoms with Crippen molar-refractivity contribution in [3.8, 4) is 0 Å². The van der Waals surface area contributed by atoms with Gasteiger partial charge in [0.15, 0.2) is 0 Å². The van der Waals surface area contributed by atoms with Crippen LogP contribution in [0.15, 0.2) is 30.4 Å². The van der Waals surface area contributed by atoms with E-state index in [1.165, 1.54) is 32.1 Å². The lowest BCUT2D eigenvalue weighted by molar-refractivity contribution is -0.141. The number of benzene rings is 1. The third-order valence-corrected chi connectivity index (χ3v) is 10.7. The summed E-state index contributed by atoms with van der Waals surface area (Å²) in [6, 6.07) is 6.21. The predicted molar refractivity (Wildman–Crippen MR) is 138 cm³/mol. The molecule has 2 N–H and O–H groups in total. The number of likely N-dealkylation sites (N-methyl/N-ethyl adjacent to an activating group) is 1. The van der Waals surface area contributed by atoms with Crippen LogP contribution in [0.1, 0.15) is 65.1 Å². The molecule has 3 aliphatic carbocycles. The maximum atomic E-state index is 12.6. The van der Waals surface area contributed by atoms with E-state index >= 15 is 0 Å². The molecule has 3 saturated carbocycles. The first-order chi connectivity index (χ1) is 16.9. The van der Waals surface area contributed by atoms with E-state index in [-0.39, 0.29) is 11.3 Å². The maximum Gasteiger partial charge on any atom is 0.246 e. The molecular formula is C29H38N4O2. The molecule has 0 radical (unpaired) electrons. The van der Waals surface area contributed by atoms with Crippen LogP contribution in [0.2, 0.25) is 0 Å². The minimum atomic E-state index is 0.109. The highest BCUT2D eigenvalue weighted by Crippen LogP contribution is 2.65. The van der Waals surface area contributed by atoms with Crippen LogP contribution in [0, 0.1) is 34.5 Å². The first kappa shape index (κ1) is 22.8. The molecule has 7 atom stereocenters. The average molecular weight is 475 g/mol. The first-order valence-electron chi connectivity index (χ1n) is 13.6. The number of carbonyl (C=O) groups excluding carboxylic acids is 2. The molecule has 0 spiro atoms. The molecule has 1 aromatic heterocycles. The van der Waals surface area contributed by atoms with E-state index in [4.69, 9.17) is 4.98 Å². The average Bonchev–Trinajstić information content (AvgIpc) is 3.39. The number of hydrogen-bond acceptors (Lipinski definition) is 3. The van der Waals surface area contributed by atoms with E-state index in [1.54, 1.807) is 0 Å². The van der Waals surface area contributed by atoms with Crippen LogP contribution in [0.4, 0.5) is 5.69 Å². The van der Waals surface area contributed by atoms with Gasteiger partial charge in [-0.05, 0) is 98.8 Å². The van der Waals surface area contributed by atoms with Crippen molar-refractivity contribution in [1.82, 2.24) is 14.9 Å². The number of nitrogens with one attached hydrogen (secondary N) is 2. The molecule has 2 amide bonds. The van der Waals surface area contributed by atoms with E-state index in [1.807, 2.05) is 24.3 Å². The Morgan fingerprint density at radius 1 is 1.17 bits per heavy atom. The van der Waals surface area contributed by atoms with Gasteiger partial charge in [-0.15, -0.1) is 0 Å². The Labute approximate surface area is 207 Å². The number of nitrogens with zero attached hydrogens (tertiary/aromatic N) is 2. The van der Waals surface area contributed by atoms with Gasteiger partial charge >= 0.3 is 0 Å². The van der Waals surface area contributed by atoms with Crippen molar-refractivity contribution < 1.29 is 9.59 Å². The Kier molecular flexibility index (Phi) is 5.35. The predicted octanol–water partition coefficient (Wildman–Crippen LogP) is 5.32. The second kappa shape index (κ2) is 8.21. The summed E-state index contributed by atoms with van der Waals surface area (Å²) < 4.78 is 0. The molecule has 2 heterocycles. The van der Waals surface area contributed by atoms with Gasteiger partial charge in [-0.25, -0.2) is 4.98 Å². The summed E-state index contributed by atoms with van der Waals surface area (Å²) in [5.74, 6) is 4.10. The molecule has 3 fully saturated rings. The highest BCUT2D eigenvalue weighted by Gasteiger charge is 2.60. The van der Waals surface area contributed by atoms with Crippen LogP contribution in [0.5, 0.6) is 0 Å². The number of aromatic nitrogens is 2. The monoisotopic (exact) mass is 474 g/mol. The Morgan fingerprint density at radius 3 is 2.83 bits per heavy atom. The molecule has 1 aromatic carbocycles. The number of fused-ring (bicyclic) bond motifs is 6. The number of amides is 2. The summed E-state index contributed by atoms with van der Waals surface area (Å²) in [6.45, 7) is 7.94. The highest BCUT2D eigenvalue weighted by atomic mass is 16.2. The molecule has 2 unspecified atom stereocenters. The van der Waals surface area contributed by atoms with Crippen molar-refractivity contribution in [3.63, 3.8) is 0 Å². The minimum Gasteiger partial charge on any atom is -0.342 e. The summed E-state index contributed by atoms with van der Waals surface area (Å²) in [4.78, 5) is 33.9. The molecule has 4 aliphatic rings. The molecule has 1 aliphatic heterocycles. The lowest BCUT2D eigenvalue weighted by atomic mass is 9.47. The number of aromatic amines is 1. The van der Waals surface area contributed by atoms with Crippen molar-refractivity contribution in [2.24, 2.45) is 34.5 Å². The molecule has 6 heteroatoms. The van der Waals surface area contributed by atoms with Gasteiger partial charge in [0.2, 0.25) is 12.3 Å². The third-order valence-electron chi connectivity index (χ3n) is 10.7. The smallest absolute Gasteiger partial charge is 0.246 e. The van der Waals surface area contributed by atoms with Gasteiger partial charge in [-0.1, -0.05) is 19.9 Å². The lowest BCUT2D eigenvalue weighted by Crippen LogP contribution is -2.60. The van der Waals surface area contributed by atoms with Crippen LogP contribution in [0.25, 0.3) is 11.0 Å². The standard InChI is InChI=1S/C29H38N4O2/c1-4-33-25-10-7-20-21-8-5-18(15-26-31-23-9-6-19(30-17-34)16-24(23)32-26)28(21,2)13-11-22(20)29(25,3)14-12-27(33)35/h6,9,12,14,16-18,20-22,25H,4-5,7-8,10-11,13,15H2,1-3H3,(H,30,34)(H,31,32)/t18?,20-,21-,22+,25?,28+,29+/m0/s1. The maximum absolute atomic E-state index is 12.6. The molecule has 2 aromatic rings. The number of H-pyrrole nitrogens is 1. The second-order valence-corrected chi connectivity index (χ2v) is 12.0. The molecule has 0 saturated heterocycles. The third kappa shape index (κ3) is 3.39. The largest absolute Gasteiger partial charge is 0.342 e. The van der Waals surface area contributed by atoms with Gasteiger partial charge < -0.3 is 15.2 Å². The fraction of sp³-hybridized carbons (Fsp3) is 0.621. The number of imidazole rings is 1. The summed E-state index contributed by atoms with van der Waals surface area (Å²) in [6.07, 6.45) is 13.4. The van der Waals surface area contributed by atoms with Crippen molar-refractivity contribution in [2.75, 3.05) is 11.9 Å². The molecule has 35 heavy (non-hydrogen) atoms. The van der Waals surface area contributed by atoms with Crippen molar-refractivity contribution in [2.45, 2.75) is 71.8 Å². The van der Waals surface area contributed by atoms with Gasteiger partial charge in [0, 0.05) is 30.1 Å². The molecule has 6 nitrogen and oxygen atoms in total. The zero-order valence-electron chi connectivity index (χ0n) is 21.2. The Balaban J connectivity index is 1.23. The summed E-state index contributed by atoms with van der Waals surface area (Å²) >= 11 is 0. The Hall–Kier alpha value is -2.63. The first-order valence-corrected chi connectivity index (χ1v) is 13.6. The van der Waals surface area contributed by atoms with Gasteiger partial charge in [0.05, 0.1) is 11.0 Å².